The molecule has 2 amide bonds. The van der Waals surface area contributed by atoms with Crippen LogP contribution in [0.15, 0.2) is 10.9 Å². The van der Waals surface area contributed by atoms with E-state index in [4.69, 9.17) is 4.74 Å². The van der Waals surface area contributed by atoms with E-state index in [1.165, 1.54) is 10.6 Å². The van der Waals surface area contributed by atoms with Gasteiger partial charge in [0.15, 0.2) is 5.56 Å². The van der Waals surface area contributed by atoms with Gasteiger partial charge in [0, 0.05) is 37.3 Å². The number of morpholine rings is 1. The molecule has 184 valence electrons. The molecule has 0 atom stereocenters. The molecule has 0 bridgehead atoms. The van der Waals surface area contributed by atoms with Gasteiger partial charge in [0.2, 0.25) is 11.8 Å². The van der Waals surface area contributed by atoms with E-state index >= 15 is 0 Å². The average molecular weight is 472 g/mol. The summed E-state index contributed by atoms with van der Waals surface area (Å²) in [7, 11) is 0. The number of carbonyl (C=O) groups excluding carboxylic acids is 2. The molecule has 1 aliphatic carbocycles. The van der Waals surface area contributed by atoms with Gasteiger partial charge in [-0.25, -0.2) is 0 Å². The fourth-order valence-electron chi connectivity index (χ4n) is 4.25. The number of nitrogens with one attached hydrogen (secondary N) is 1. The van der Waals surface area contributed by atoms with Crippen molar-refractivity contribution < 1.29 is 19.4 Å². The van der Waals surface area contributed by atoms with Crippen LogP contribution in [0.3, 0.4) is 0 Å². The minimum Gasteiger partial charge on any atom is -0.494 e. The summed E-state index contributed by atoms with van der Waals surface area (Å²) in [5.41, 5.74) is -0.00569. The molecule has 0 radical (unpaired) electrons. The molecule has 1 saturated carbocycles. The predicted octanol–water partition coefficient (Wildman–Crippen LogP) is 1.71. The van der Waals surface area contributed by atoms with Gasteiger partial charge in [-0.1, -0.05) is 13.8 Å². The van der Waals surface area contributed by atoms with Crippen molar-refractivity contribution in [2.45, 2.75) is 65.6 Å². The van der Waals surface area contributed by atoms with E-state index in [9.17, 15) is 19.5 Å². The van der Waals surface area contributed by atoms with Crippen molar-refractivity contribution in [3.8, 4) is 5.88 Å². The van der Waals surface area contributed by atoms with Gasteiger partial charge in [-0.2, -0.15) is 9.61 Å². The van der Waals surface area contributed by atoms with E-state index < -0.39 is 17.1 Å². The summed E-state index contributed by atoms with van der Waals surface area (Å²) in [5, 5.41) is 18.2. The average Bonchev–Trinajstić information content (AvgIpc) is 3.49. The van der Waals surface area contributed by atoms with Gasteiger partial charge in [-0.05, 0) is 45.6 Å². The number of ether oxygens (including phenoxy) is 1. The lowest BCUT2D eigenvalue weighted by Crippen LogP contribution is -2.50. The first-order valence-electron chi connectivity index (χ1n) is 11.8. The summed E-state index contributed by atoms with van der Waals surface area (Å²) in [6.07, 6.45) is 4.81. The van der Waals surface area contributed by atoms with Crippen molar-refractivity contribution >= 4 is 23.5 Å². The summed E-state index contributed by atoms with van der Waals surface area (Å²) < 4.78 is 8.37. The lowest BCUT2D eigenvalue weighted by Gasteiger charge is -2.37. The summed E-state index contributed by atoms with van der Waals surface area (Å²) in [4.78, 5) is 40.5. The lowest BCUT2D eigenvalue weighted by atomic mass is 10.1. The largest absolute Gasteiger partial charge is 0.494 e. The van der Waals surface area contributed by atoms with Crippen LogP contribution in [0.2, 0.25) is 0 Å². The van der Waals surface area contributed by atoms with Crippen LogP contribution in [-0.2, 0) is 16.1 Å². The van der Waals surface area contributed by atoms with Crippen molar-refractivity contribution in [1.82, 2.24) is 24.4 Å². The Kier molecular flexibility index (Phi) is 6.28. The Hall–Kier alpha value is -3.14. The number of aromatic hydroxyl groups is 1. The second-order valence-corrected chi connectivity index (χ2v) is 10.2. The second kappa shape index (κ2) is 8.90. The normalized spacial score (nSPS) is 18.2. The SMILES string of the molecule is Cc1nn2c(=O)c(C(=O)NC3CC3)c(O)n(CC(C)C)c2c1/C=C/C(=O)N1CCOC(C)(C)C1. The van der Waals surface area contributed by atoms with E-state index in [0.29, 0.717) is 43.1 Å². The van der Waals surface area contributed by atoms with Gasteiger partial charge in [0.1, 0.15) is 5.65 Å². The highest BCUT2D eigenvalue weighted by molar-refractivity contribution is 5.97. The zero-order valence-electron chi connectivity index (χ0n) is 20.4. The molecule has 1 aliphatic heterocycles. The molecule has 2 aromatic rings. The van der Waals surface area contributed by atoms with Crippen LogP contribution in [0.5, 0.6) is 5.88 Å². The summed E-state index contributed by atoms with van der Waals surface area (Å²) in [5.74, 6) is -1.04. The molecule has 2 fully saturated rings. The summed E-state index contributed by atoms with van der Waals surface area (Å²) in [6, 6.07) is 0.0366. The van der Waals surface area contributed by atoms with Crippen molar-refractivity contribution in [2.75, 3.05) is 19.7 Å². The number of rotatable bonds is 6. The monoisotopic (exact) mass is 471 g/mol. The molecular formula is C24H33N5O5. The fraction of sp³-hybridized carbons (Fsp3) is 0.583. The number of aromatic nitrogens is 3. The van der Waals surface area contributed by atoms with Gasteiger partial charge >= 0.3 is 0 Å². The Morgan fingerprint density at radius 3 is 2.65 bits per heavy atom. The fourth-order valence-corrected chi connectivity index (χ4v) is 4.25. The molecule has 0 aromatic carbocycles. The van der Waals surface area contributed by atoms with Gasteiger partial charge in [-0.3, -0.25) is 19.0 Å². The maximum absolute atomic E-state index is 13.2. The maximum atomic E-state index is 13.2. The van der Waals surface area contributed by atoms with E-state index in [1.807, 2.05) is 27.7 Å². The highest BCUT2D eigenvalue weighted by Gasteiger charge is 2.31. The maximum Gasteiger partial charge on any atom is 0.291 e. The standard InChI is InChI=1S/C24H33N5O5/c1-14(2)12-28-21-17(8-9-18(30)27-10-11-34-24(4,5)13-27)15(3)26-29(21)23(33)19(22(28)32)20(31)25-16-6-7-16/h8-9,14,16,32H,6-7,10-13H2,1-5H3,(H,25,31)/b9-8+. The van der Waals surface area contributed by atoms with Crippen LogP contribution >= 0.6 is 0 Å². The first-order valence-corrected chi connectivity index (χ1v) is 11.8. The topological polar surface area (TPSA) is 118 Å². The molecule has 0 spiro atoms. The van der Waals surface area contributed by atoms with Crippen molar-refractivity contribution in [3.05, 3.63) is 33.3 Å². The highest BCUT2D eigenvalue weighted by atomic mass is 16.5. The minimum atomic E-state index is -0.685. The van der Waals surface area contributed by atoms with E-state index in [2.05, 4.69) is 10.4 Å². The van der Waals surface area contributed by atoms with Crippen molar-refractivity contribution in [3.63, 3.8) is 0 Å². The number of amides is 2. The van der Waals surface area contributed by atoms with E-state index in [-0.39, 0.29) is 29.3 Å². The number of fused-ring (bicyclic) bond motifs is 1. The summed E-state index contributed by atoms with van der Waals surface area (Å²) in [6.45, 7) is 11.4. The molecule has 2 aliphatic rings. The lowest BCUT2D eigenvalue weighted by molar-refractivity contribution is -0.140. The van der Waals surface area contributed by atoms with Crippen LogP contribution in [0.1, 0.15) is 62.2 Å². The molecule has 3 heterocycles. The van der Waals surface area contributed by atoms with Crippen molar-refractivity contribution in [2.24, 2.45) is 5.92 Å². The first kappa shape index (κ1) is 24.0. The molecule has 10 nitrogen and oxygen atoms in total. The Bertz CT molecular complexity index is 1220. The second-order valence-electron chi connectivity index (χ2n) is 10.2. The third-order valence-electron chi connectivity index (χ3n) is 6.04. The van der Waals surface area contributed by atoms with Crippen LogP contribution < -0.4 is 10.9 Å². The molecule has 4 rings (SSSR count). The highest BCUT2D eigenvalue weighted by Crippen LogP contribution is 2.26. The van der Waals surface area contributed by atoms with Crippen LogP contribution in [0.4, 0.5) is 0 Å². The molecule has 10 heteroatoms. The Labute approximate surface area is 198 Å². The first-order chi connectivity index (χ1) is 16.0. The zero-order chi connectivity index (χ0) is 24.8. The number of hydrogen-bond donors (Lipinski definition) is 2. The van der Waals surface area contributed by atoms with Gasteiger partial charge < -0.3 is 20.1 Å². The molecule has 0 unspecified atom stereocenters. The van der Waals surface area contributed by atoms with E-state index in [0.717, 1.165) is 17.4 Å². The third-order valence-corrected chi connectivity index (χ3v) is 6.04. The van der Waals surface area contributed by atoms with E-state index in [1.54, 1.807) is 17.9 Å². The molecule has 2 N–H and O–H groups in total. The van der Waals surface area contributed by atoms with Crippen LogP contribution in [0, 0.1) is 12.8 Å². The Morgan fingerprint density at radius 2 is 2.03 bits per heavy atom. The molecular weight excluding hydrogens is 438 g/mol. The predicted molar refractivity (Wildman–Crippen MR) is 127 cm³/mol. The molecule has 2 aromatic heterocycles. The number of carbonyl (C=O) groups is 2. The smallest absolute Gasteiger partial charge is 0.291 e. The Balaban J connectivity index is 1.78. The third kappa shape index (κ3) is 4.72. The molecule has 1 saturated heterocycles. The quantitative estimate of drug-likeness (QED) is 0.620. The summed E-state index contributed by atoms with van der Waals surface area (Å²) >= 11 is 0. The number of hydrogen-bond acceptors (Lipinski definition) is 6. The van der Waals surface area contributed by atoms with Gasteiger partial charge in [0.25, 0.3) is 11.5 Å². The van der Waals surface area contributed by atoms with Gasteiger partial charge in [0.05, 0.1) is 17.9 Å². The van der Waals surface area contributed by atoms with Gasteiger partial charge in [-0.15, -0.1) is 0 Å². The Morgan fingerprint density at radius 1 is 1.32 bits per heavy atom. The van der Waals surface area contributed by atoms with Crippen LogP contribution in [0.25, 0.3) is 11.7 Å². The minimum absolute atomic E-state index is 0.0366. The number of aryl methyl sites for hydroxylation is 1. The molecule has 34 heavy (non-hydrogen) atoms. The zero-order valence-corrected chi connectivity index (χ0v) is 20.4. The van der Waals surface area contributed by atoms with Crippen molar-refractivity contribution in [1.29, 1.82) is 0 Å². The number of nitrogens with zero attached hydrogens (tertiary/aromatic N) is 4. The van der Waals surface area contributed by atoms with Crippen LogP contribution in [-0.4, -0.2) is 67.3 Å².